The highest BCUT2D eigenvalue weighted by atomic mass is 16.3. The van der Waals surface area contributed by atoms with E-state index in [0.717, 1.165) is 19.3 Å². The third kappa shape index (κ3) is 3.35. The molecule has 0 aromatic carbocycles. The Kier molecular flexibility index (Phi) is 4.22. The summed E-state index contributed by atoms with van der Waals surface area (Å²) in [5.74, 6) is 0.867. The van der Waals surface area contributed by atoms with Crippen LogP contribution < -0.4 is 5.32 Å². The topological polar surface area (TPSA) is 49.3 Å². The summed E-state index contributed by atoms with van der Waals surface area (Å²) in [5, 5.41) is 11.6. The van der Waals surface area contributed by atoms with E-state index in [4.69, 9.17) is 5.11 Å². The number of amides is 1. The molecule has 0 radical (unpaired) electrons. The lowest BCUT2D eigenvalue weighted by molar-refractivity contribution is -0.127. The van der Waals surface area contributed by atoms with Crippen LogP contribution in [0.3, 0.4) is 0 Å². The van der Waals surface area contributed by atoms with Gasteiger partial charge in [0.1, 0.15) is 0 Å². The average Bonchev–Trinajstić information content (AvgIpc) is 1.98. The predicted molar refractivity (Wildman–Crippen MR) is 51.2 cm³/mol. The highest BCUT2D eigenvalue weighted by Crippen LogP contribution is 2.26. The molecule has 0 bridgehead atoms. The van der Waals surface area contributed by atoms with Gasteiger partial charge in [-0.2, -0.15) is 0 Å². The van der Waals surface area contributed by atoms with Crippen LogP contribution >= 0.6 is 0 Å². The Morgan fingerprint density at radius 3 is 2.77 bits per heavy atom. The molecule has 1 atom stereocenters. The molecule has 1 aliphatic rings. The van der Waals surface area contributed by atoms with Crippen molar-refractivity contribution in [1.82, 2.24) is 5.32 Å². The molecule has 0 saturated heterocycles. The summed E-state index contributed by atoms with van der Waals surface area (Å²) in [4.78, 5) is 11.4. The fraction of sp³-hybridized carbons (Fsp3) is 0.900. The zero-order valence-electron chi connectivity index (χ0n) is 8.25. The van der Waals surface area contributed by atoms with E-state index in [-0.39, 0.29) is 18.4 Å². The third-order valence-corrected chi connectivity index (χ3v) is 2.72. The quantitative estimate of drug-likeness (QED) is 0.669. The fourth-order valence-corrected chi connectivity index (χ4v) is 1.41. The highest BCUT2D eigenvalue weighted by Gasteiger charge is 2.24. The lowest BCUT2D eigenvalue weighted by atomic mass is 9.85. The van der Waals surface area contributed by atoms with E-state index >= 15 is 0 Å². The van der Waals surface area contributed by atoms with Crippen LogP contribution in [0.5, 0.6) is 0 Å². The summed E-state index contributed by atoms with van der Waals surface area (Å²) in [6, 6.07) is 0. The van der Waals surface area contributed by atoms with Gasteiger partial charge in [-0.05, 0) is 25.2 Å². The molecule has 2 N–H and O–H groups in total. The SMILES string of the molecule is CC(CCO)CNC(=O)C1CCC1. The van der Waals surface area contributed by atoms with Crippen LogP contribution in [-0.2, 0) is 4.79 Å². The molecule has 3 nitrogen and oxygen atoms in total. The van der Waals surface area contributed by atoms with E-state index in [1.807, 2.05) is 6.92 Å². The molecule has 1 fully saturated rings. The Hall–Kier alpha value is -0.570. The van der Waals surface area contributed by atoms with Crippen molar-refractivity contribution in [2.24, 2.45) is 11.8 Å². The summed E-state index contributed by atoms with van der Waals surface area (Å²) < 4.78 is 0. The van der Waals surface area contributed by atoms with Crippen LogP contribution in [0.25, 0.3) is 0 Å². The van der Waals surface area contributed by atoms with Gasteiger partial charge >= 0.3 is 0 Å². The number of rotatable bonds is 5. The largest absolute Gasteiger partial charge is 0.396 e. The van der Waals surface area contributed by atoms with Crippen LogP contribution in [0, 0.1) is 11.8 Å². The molecule has 1 aliphatic carbocycles. The lowest BCUT2D eigenvalue weighted by Gasteiger charge is -2.24. The van der Waals surface area contributed by atoms with E-state index < -0.39 is 0 Å². The Labute approximate surface area is 79.5 Å². The van der Waals surface area contributed by atoms with Crippen molar-refractivity contribution < 1.29 is 9.90 Å². The van der Waals surface area contributed by atoms with Gasteiger partial charge in [-0.25, -0.2) is 0 Å². The van der Waals surface area contributed by atoms with Gasteiger partial charge in [-0.3, -0.25) is 4.79 Å². The first-order valence-corrected chi connectivity index (χ1v) is 5.12. The van der Waals surface area contributed by atoms with E-state index in [2.05, 4.69) is 5.32 Å². The Bertz CT molecular complexity index is 166. The highest BCUT2D eigenvalue weighted by molar-refractivity contribution is 5.79. The first kappa shape index (κ1) is 10.5. The molecule has 0 aromatic heterocycles. The predicted octanol–water partition coefficient (Wildman–Crippen LogP) is 0.921. The van der Waals surface area contributed by atoms with Gasteiger partial charge in [-0.1, -0.05) is 13.3 Å². The lowest BCUT2D eigenvalue weighted by Crippen LogP contribution is -2.36. The zero-order valence-corrected chi connectivity index (χ0v) is 8.25. The maximum atomic E-state index is 11.4. The molecule has 1 saturated carbocycles. The van der Waals surface area contributed by atoms with Gasteiger partial charge in [0.05, 0.1) is 0 Å². The summed E-state index contributed by atoms with van der Waals surface area (Å²) in [6.07, 6.45) is 4.08. The maximum Gasteiger partial charge on any atom is 0.223 e. The van der Waals surface area contributed by atoms with Crippen LogP contribution in [-0.4, -0.2) is 24.2 Å². The average molecular weight is 185 g/mol. The van der Waals surface area contributed by atoms with Gasteiger partial charge in [0.25, 0.3) is 0 Å². The van der Waals surface area contributed by atoms with Crippen molar-refractivity contribution in [3.05, 3.63) is 0 Å². The first-order valence-electron chi connectivity index (χ1n) is 5.12. The molecule has 1 unspecified atom stereocenters. The second-order valence-electron chi connectivity index (χ2n) is 3.99. The van der Waals surface area contributed by atoms with E-state index in [9.17, 15) is 4.79 Å². The van der Waals surface area contributed by atoms with Crippen molar-refractivity contribution in [2.75, 3.05) is 13.2 Å². The molecule has 1 amide bonds. The summed E-state index contributed by atoms with van der Waals surface area (Å²) >= 11 is 0. The summed E-state index contributed by atoms with van der Waals surface area (Å²) in [7, 11) is 0. The molecule has 0 heterocycles. The number of nitrogens with one attached hydrogen (secondary N) is 1. The van der Waals surface area contributed by atoms with E-state index in [0.29, 0.717) is 12.5 Å². The number of hydrogen-bond donors (Lipinski definition) is 2. The molecule has 13 heavy (non-hydrogen) atoms. The molecule has 3 heteroatoms. The van der Waals surface area contributed by atoms with Gasteiger partial charge in [0.15, 0.2) is 0 Å². The number of aliphatic hydroxyl groups excluding tert-OH is 1. The van der Waals surface area contributed by atoms with Crippen LogP contribution in [0.4, 0.5) is 0 Å². The maximum absolute atomic E-state index is 11.4. The Morgan fingerprint density at radius 1 is 1.62 bits per heavy atom. The fourth-order valence-electron chi connectivity index (χ4n) is 1.41. The second kappa shape index (κ2) is 5.22. The molecule has 1 rings (SSSR count). The minimum Gasteiger partial charge on any atom is -0.396 e. The van der Waals surface area contributed by atoms with Crippen LogP contribution in [0.2, 0.25) is 0 Å². The summed E-state index contributed by atoms with van der Waals surface area (Å²) in [5.41, 5.74) is 0. The van der Waals surface area contributed by atoms with Crippen LogP contribution in [0.15, 0.2) is 0 Å². The Morgan fingerprint density at radius 2 is 2.31 bits per heavy atom. The van der Waals surface area contributed by atoms with E-state index in [1.165, 1.54) is 6.42 Å². The monoisotopic (exact) mass is 185 g/mol. The number of hydrogen-bond acceptors (Lipinski definition) is 2. The minimum absolute atomic E-state index is 0.205. The van der Waals surface area contributed by atoms with Gasteiger partial charge in [0.2, 0.25) is 5.91 Å². The normalized spacial score (nSPS) is 19.2. The van der Waals surface area contributed by atoms with Gasteiger partial charge in [-0.15, -0.1) is 0 Å². The van der Waals surface area contributed by atoms with Crippen LogP contribution in [0.1, 0.15) is 32.6 Å². The number of carbonyl (C=O) groups excluding carboxylic acids is 1. The second-order valence-corrected chi connectivity index (χ2v) is 3.99. The van der Waals surface area contributed by atoms with Crippen molar-refractivity contribution in [3.8, 4) is 0 Å². The van der Waals surface area contributed by atoms with Crippen molar-refractivity contribution in [1.29, 1.82) is 0 Å². The molecular formula is C10H19NO2. The minimum atomic E-state index is 0.205. The van der Waals surface area contributed by atoms with Gasteiger partial charge < -0.3 is 10.4 Å². The smallest absolute Gasteiger partial charge is 0.223 e. The molecule has 0 aromatic rings. The molecule has 0 aliphatic heterocycles. The van der Waals surface area contributed by atoms with E-state index in [1.54, 1.807) is 0 Å². The van der Waals surface area contributed by atoms with Crippen molar-refractivity contribution >= 4 is 5.91 Å². The van der Waals surface area contributed by atoms with Gasteiger partial charge in [0, 0.05) is 19.1 Å². The Balaban J connectivity index is 2.06. The summed E-state index contributed by atoms with van der Waals surface area (Å²) in [6.45, 7) is 2.95. The molecule has 76 valence electrons. The molecular weight excluding hydrogens is 166 g/mol. The van der Waals surface area contributed by atoms with Crippen molar-refractivity contribution in [2.45, 2.75) is 32.6 Å². The number of aliphatic hydroxyl groups is 1. The standard InChI is InChI=1S/C10H19NO2/c1-8(5-6-12)7-11-10(13)9-3-2-4-9/h8-9,12H,2-7H2,1H3,(H,11,13). The number of carbonyl (C=O) groups is 1. The molecule has 0 spiro atoms. The van der Waals surface area contributed by atoms with Crippen molar-refractivity contribution in [3.63, 3.8) is 0 Å². The third-order valence-electron chi connectivity index (χ3n) is 2.72. The zero-order chi connectivity index (χ0) is 9.68. The first-order chi connectivity index (χ1) is 6.24.